The maximum absolute atomic E-state index is 13.0. The van der Waals surface area contributed by atoms with Crippen molar-refractivity contribution < 1.29 is 21.2 Å². The molecule has 1 aromatic heterocycles. The van der Waals surface area contributed by atoms with Crippen LogP contribution in [0.15, 0.2) is 45.5 Å². The molecule has 1 aliphatic rings. The van der Waals surface area contributed by atoms with E-state index >= 15 is 0 Å². The summed E-state index contributed by atoms with van der Waals surface area (Å²) in [4.78, 5) is 1.07. The molecular formula is C17H20FNO4S3. The summed E-state index contributed by atoms with van der Waals surface area (Å²) in [6.07, 6.45) is 1.23. The minimum absolute atomic E-state index is 0.0750. The first-order valence-electron chi connectivity index (χ1n) is 8.33. The van der Waals surface area contributed by atoms with E-state index in [1.54, 1.807) is 6.07 Å². The molecule has 5 nitrogen and oxygen atoms in total. The van der Waals surface area contributed by atoms with Crippen LogP contribution in [-0.4, -0.2) is 39.5 Å². The number of sulfonamides is 1. The van der Waals surface area contributed by atoms with Crippen molar-refractivity contribution in [3.8, 4) is 0 Å². The van der Waals surface area contributed by atoms with Crippen molar-refractivity contribution in [3.63, 3.8) is 0 Å². The Hall–Kier alpha value is -1.29. The van der Waals surface area contributed by atoms with Crippen LogP contribution in [0.1, 0.15) is 24.6 Å². The number of aryl methyl sites for hydroxylation is 1. The molecule has 2 heterocycles. The number of hydrogen-bond donors (Lipinski definition) is 0. The van der Waals surface area contributed by atoms with Crippen LogP contribution < -0.4 is 0 Å². The molecule has 0 N–H and O–H groups in total. The van der Waals surface area contributed by atoms with E-state index < -0.39 is 30.9 Å². The lowest BCUT2D eigenvalue weighted by Gasteiger charge is -2.30. The molecule has 3 rings (SSSR count). The number of halogens is 1. The molecular weight excluding hydrogens is 397 g/mol. The van der Waals surface area contributed by atoms with Crippen LogP contribution in [0.2, 0.25) is 0 Å². The van der Waals surface area contributed by atoms with E-state index in [1.807, 2.05) is 13.0 Å². The van der Waals surface area contributed by atoms with Crippen molar-refractivity contribution in [3.05, 3.63) is 47.1 Å². The van der Waals surface area contributed by atoms with Crippen LogP contribution in [0, 0.1) is 5.82 Å². The fourth-order valence-electron chi connectivity index (χ4n) is 3.01. The average Bonchev–Trinajstić information content (AvgIpc) is 3.12. The van der Waals surface area contributed by atoms with Gasteiger partial charge in [-0.3, -0.25) is 0 Å². The maximum atomic E-state index is 13.0. The molecule has 1 aromatic carbocycles. The molecule has 9 heteroatoms. The fraction of sp³-hybridized carbons (Fsp3) is 0.412. The second-order valence-corrected chi connectivity index (χ2v) is 11.7. The molecule has 0 aliphatic carbocycles. The summed E-state index contributed by atoms with van der Waals surface area (Å²) in [5, 5.41) is -0.658. The number of hydrogen-bond acceptors (Lipinski definition) is 5. The summed E-state index contributed by atoms with van der Waals surface area (Å²) in [6.45, 7) is 2.29. The van der Waals surface area contributed by atoms with Gasteiger partial charge in [0.2, 0.25) is 0 Å². The summed E-state index contributed by atoms with van der Waals surface area (Å²) in [7, 11) is -7.18. The highest BCUT2D eigenvalue weighted by Gasteiger charge is 2.36. The third-order valence-corrected chi connectivity index (χ3v) is 10.4. The van der Waals surface area contributed by atoms with Gasteiger partial charge in [0.1, 0.15) is 10.0 Å². The van der Waals surface area contributed by atoms with Crippen molar-refractivity contribution in [2.75, 3.05) is 13.1 Å². The predicted molar refractivity (Wildman–Crippen MR) is 99.1 cm³/mol. The highest BCUT2D eigenvalue weighted by atomic mass is 32.2. The Balaban J connectivity index is 1.73. The summed E-state index contributed by atoms with van der Waals surface area (Å²) >= 11 is 1.25. The van der Waals surface area contributed by atoms with E-state index in [-0.39, 0.29) is 30.8 Å². The van der Waals surface area contributed by atoms with Crippen molar-refractivity contribution in [2.45, 2.75) is 40.5 Å². The first kappa shape index (κ1) is 19.5. The molecule has 0 amide bonds. The molecule has 26 heavy (non-hydrogen) atoms. The minimum Gasteiger partial charge on any atom is -0.223 e. The number of rotatable bonds is 5. The Morgan fingerprint density at radius 1 is 1.04 bits per heavy atom. The van der Waals surface area contributed by atoms with E-state index in [1.165, 1.54) is 27.8 Å². The molecule has 0 unspecified atom stereocenters. The third-order valence-electron chi connectivity index (χ3n) is 4.56. The zero-order valence-electron chi connectivity index (χ0n) is 14.3. The van der Waals surface area contributed by atoms with Gasteiger partial charge in [-0.2, -0.15) is 4.31 Å². The molecule has 142 valence electrons. The van der Waals surface area contributed by atoms with E-state index in [2.05, 4.69) is 0 Å². The zero-order valence-corrected chi connectivity index (χ0v) is 16.7. The lowest BCUT2D eigenvalue weighted by molar-refractivity contribution is 0.346. The van der Waals surface area contributed by atoms with Gasteiger partial charge in [-0.05, 0) is 55.7 Å². The van der Waals surface area contributed by atoms with Crippen molar-refractivity contribution in [1.82, 2.24) is 4.31 Å². The largest absolute Gasteiger partial charge is 0.252 e. The van der Waals surface area contributed by atoms with Gasteiger partial charge in [0.15, 0.2) is 9.84 Å². The smallest absolute Gasteiger partial charge is 0.223 e. The number of piperidine rings is 1. The minimum atomic E-state index is -3.60. The van der Waals surface area contributed by atoms with Crippen molar-refractivity contribution >= 4 is 31.2 Å². The van der Waals surface area contributed by atoms with E-state index in [4.69, 9.17) is 0 Å². The van der Waals surface area contributed by atoms with Gasteiger partial charge in [0.05, 0.1) is 10.1 Å². The van der Waals surface area contributed by atoms with Gasteiger partial charge >= 0.3 is 0 Å². The van der Waals surface area contributed by atoms with Gasteiger partial charge in [-0.25, -0.2) is 21.2 Å². The number of sulfone groups is 1. The Morgan fingerprint density at radius 3 is 2.19 bits per heavy atom. The molecule has 0 bridgehead atoms. The molecule has 1 saturated heterocycles. The molecule has 0 spiro atoms. The van der Waals surface area contributed by atoms with Crippen LogP contribution in [0.25, 0.3) is 0 Å². The van der Waals surface area contributed by atoms with E-state index in [0.29, 0.717) is 4.21 Å². The van der Waals surface area contributed by atoms with Crippen LogP contribution in [0.5, 0.6) is 0 Å². The van der Waals surface area contributed by atoms with Gasteiger partial charge in [-0.15, -0.1) is 11.3 Å². The monoisotopic (exact) mass is 417 g/mol. The fourth-order valence-corrected chi connectivity index (χ4v) is 7.66. The number of thiophene rings is 1. The summed E-state index contributed by atoms with van der Waals surface area (Å²) in [5.74, 6) is -0.493. The highest BCUT2D eigenvalue weighted by molar-refractivity contribution is 7.92. The Bertz CT molecular complexity index is 973. The van der Waals surface area contributed by atoms with E-state index in [9.17, 15) is 21.2 Å². The molecule has 0 radical (unpaired) electrons. The normalized spacial score (nSPS) is 17.5. The van der Waals surface area contributed by atoms with Crippen molar-refractivity contribution in [2.24, 2.45) is 0 Å². The zero-order chi connectivity index (χ0) is 18.9. The average molecular weight is 418 g/mol. The van der Waals surface area contributed by atoms with Gasteiger partial charge in [0, 0.05) is 18.0 Å². The second kappa shape index (κ2) is 7.38. The quantitative estimate of drug-likeness (QED) is 0.701. The Kier molecular flexibility index (Phi) is 5.53. The standard InChI is InChI=1S/C17H20FNO4S3/c1-2-14-5-8-17(24-14)26(22,23)19-11-9-16(10-12-19)25(20,21)15-6-3-13(18)4-7-15/h3-8,16H,2,9-12H2,1H3. The summed E-state index contributed by atoms with van der Waals surface area (Å²) < 4.78 is 65.5. The second-order valence-electron chi connectivity index (χ2n) is 6.18. The lowest BCUT2D eigenvalue weighted by Crippen LogP contribution is -2.42. The molecule has 1 aliphatic heterocycles. The Morgan fingerprint density at radius 2 is 1.65 bits per heavy atom. The first-order chi connectivity index (χ1) is 12.2. The van der Waals surface area contributed by atoms with Crippen LogP contribution >= 0.6 is 11.3 Å². The van der Waals surface area contributed by atoms with Crippen LogP contribution in [0.4, 0.5) is 4.39 Å². The molecule has 0 saturated carbocycles. The highest BCUT2D eigenvalue weighted by Crippen LogP contribution is 2.30. The Labute approximate surface area is 157 Å². The summed E-state index contributed by atoms with van der Waals surface area (Å²) in [6, 6.07) is 8.17. The molecule has 0 atom stereocenters. The number of nitrogens with zero attached hydrogens (tertiary/aromatic N) is 1. The third kappa shape index (κ3) is 3.71. The van der Waals surface area contributed by atoms with Crippen molar-refractivity contribution in [1.29, 1.82) is 0 Å². The predicted octanol–water partition coefficient (Wildman–Crippen LogP) is 3.08. The summed E-state index contributed by atoms with van der Waals surface area (Å²) in [5.41, 5.74) is 0. The van der Waals surface area contributed by atoms with Gasteiger partial charge < -0.3 is 0 Å². The number of benzene rings is 1. The lowest BCUT2D eigenvalue weighted by atomic mass is 10.2. The van der Waals surface area contributed by atoms with Gasteiger partial charge in [-0.1, -0.05) is 6.92 Å². The van der Waals surface area contributed by atoms with Crippen LogP contribution in [0.3, 0.4) is 0 Å². The maximum Gasteiger partial charge on any atom is 0.252 e. The molecule has 2 aromatic rings. The molecule has 1 fully saturated rings. The SMILES string of the molecule is CCc1ccc(S(=O)(=O)N2CCC(S(=O)(=O)c3ccc(F)cc3)CC2)s1. The topological polar surface area (TPSA) is 71.5 Å². The van der Waals surface area contributed by atoms with E-state index in [0.717, 1.165) is 23.4 Å². The van der Waals surface area contributed by atoms with Crippen LogP contribution in [-0.2, 0) is 26.3 Å². The first-order valence-corrected chi connectivity index (χ1v) is 12.1. The van der Waals surface area contributed by atoms with Gasteiger partial charge in [0.25, 0.3) is 10.0 Å².